The topological polar surface area (TPSA) is 61.0 Å². The third-order valence-electron chi connectivity index (χ3n) is 2.24. The van der Waals surface area contributed by atoms with Crippen molar-refractivity contribution in [1.29, 1.82) is 0 Å². The Morgan fingerprint density at radius 2 is 2.00 bits per heavy atom. The Bertz CT molecular complexity index is 330. The molecule has 0 bridgehead atoms. The second-order valence-electron chi connectivity index (χ2n) is 3.66. The quantitative estimate of drug-likeness (QED) is 0.631. The van der Waals surface area contributed by atoms with Crippen LogP contribution in [0.15, 0.2) is 11.4 Å². The summed E-state index contributed by atoms with van der Waals surface area (Å²) >= 11 is 1.66. The van der Waals surface area contributed by atoms with Gasteiger partial charge in [0.05, 0.1) is 7.11 Å². The molecule has 5 heteroatoms. The SMILES string of the molecule is COc1c(N)ncnc1SC(C)C(C)C. The third-order valence-corrected chi connectivity index (χ3v) is 3.67. The molecule has 0 saturated heterocycles. The number of aromatic nitrogens is 2. The Labute approximate surface area is 94.6 Å². The summed E-state index contributed by atoms with van der Waals surface area (Å²) in [6.45, 7) is 6.51. The summed E-state index contributed by atoms with van der Waals surface area (Å²) in [6.07, 6.45) is 1.47. The molecule has 0 aliphatic carbocycles. The summed E-state index contributed by atoms with van der Waals surface area (Å²) in [7, 11) is 1.58. The van der Waals surface area contributed by atoms with Crippen molar-refractivity contribution >= 4 is 17.6 Å². The van der Waals surface area contributed by atoms with Gasteiger partial charge in [-0.05, 0) is 5.92 Å². The molecular formula is C10H17N3OS. The molecule has 0 aliphatic heterocycles. The molecule has 0 aromatic carbocycles. The normalized spacial score (nSPS) is 12.9. The van der Waals surface area contributed by atoms with E-state index in [-0.39, 0.29) is 0 Å². The summed E-state index contributed by atoms with van der Waals surface area (Å²) in [5.41, 5.74) is 5.69. The Balaban J connectivity index is 2.89. The highest BCUT2D eigenvalue weighted by atomic mass is 32.2. The van der Waals surface area contributed by atoms with Crippen LogP contribution in [0, 0.1) is 5.92 Å². The van der Waals surface area contributed by atoms with E-state index in [1.54, 1.807) is 18.9 Å². The lowest BCUT2D eigenvalue weighted by Gasteiger charge is -2.16. The van der Waals surface area contributed by atoms with Gasteiger partial charge in [0.15, 0.2) is 11.6 Å². The highest BCUT2D eigenvalue weighted by Gasteiger charge is 2.15. The van der Waals surface area contributed by atoms with Crippen molar-refractivity contribution in [3.05, 3.63) is 6.33 Å². The molecule has 1 aromatic rings. The van der Waals surface area contributed by atoms with Crippen LogP contribution in [-0.2, 0) is 0 Å². The van der Waals surface area contributed by atoms with Crippen LogP contribution in [0.4, 0.5) is 5.82 Å². The van der Waals surface area contributed by atoms with Crippen molar-refractivity contribution in [2.75, 3.05) is 12.8 Å². The zero-order valence-corrected chi connectivity index (χ0v) is 10.3. The molecule has 1 unspecified atom stereocenters. The average molecular weight is 227 g/mol. The number of hydrogen-bond acceptors (Lipinski definition) is 5. The number of nitrogens with two attached hydrogens (primary N) is 1. The molecule has 0 amide bonds. The van der Waals surface area contributed by atoms with E-state index in [0.717, 1.165) is 5.03 Å². The minimum Gasteiger partial charge on any atom is -0.490 e. The van der Waals surface area contributed by atoms with Gasteiger partial charge in [-0.1, -0.05) is 32.5 Å². The average Bonchev–Trinajstić information content (AvgIpc) is 2.18. The Morgan fingerprint density at radius 1 is 1.33 bits per heavy atom. The molecule has 0 fully saturated rings. The first-order chi connectivity index (χ1) is 7.06. The Morgan fingerprint density at radius 3 is 2.53 bits per heavy atom. The number of nitrogens with zero attached hydrogens (tertiary/aromatic N) is 2. The molecule has 0 radical (unpaired) electrons. The number of thioether (sulfide) groups is 1. The maximum atomic E-state index is 5.69. The van der Waals surface area contributed by atoms with Crippen LogP contribution in [0.3, 0.4) is 0 Å². The maximum Gasteiger partial charge on any atom is 0.193 e. The zero-order chi connectivity index (χ0) is 11.4. The van der Waals surface area contributed by atoms with E-state index in [1.165, 1.54) is 6.33 Å². The second-order valence-corrected chi connectivity index (χ2v) is 5.03. The Kier molecular flexibility index (Phi) is 4.20. The molecule has 1 aromatic heterocycles. The molecule has 1 atom stereocenters. The van der Waals surface area contributed by atoms with E-state index in [9.17, 15) is 0 Å². The lowest BCUT2D eigenvalue weighted by atomic mass is 10.2. The van der Waals surface area contributed by atoms with Crippen molar-refractivity contribution < 1.29 is 4.74 Å². The van der Waals surface area contributed by atoms with Gasteiger partial charge in [-0.3, -0.25) is 0 Å². The molecule has 1 heterocycles. The lowest BCUT2D eigenvalue weighted by molar-refractivity contribution is 0.400. The fourth-order valence-corrected chi connectivity index (χ4v) is 1.99. The van der Waals surface area contributed by atoms with Crippen LogP contribution in [0.5, 0.6) is 5.75 Å². The van der Waals surface area contributed by atoms with Crippen LogP contribution in [0.25, 0.3) is 0 Å². The number of hydrogen-bond donors (Lipinski definition) is 1. The van der Waals surface area contributed by atoms with Crippen LogP contribution >= 0.6 is 11.8 Å². The summed E-state index contributed by atoms with van der Waals surface area (Å²) in [4.78, 5) is 8.07. The lowest BCUT2D eigenvalue weighted by Crippen LogP contribution is -2.07. The molecule has 84 valence electrons. The molecular weight excluding hydrogens is 210 g/mol. The van der Waals surface area contributed by atoms with E-state index >= 15 is 0 Å². The highest BCUT2D eigenvalue weighted by Crippen LogP contribution is 2.35. The number of anilines is 1. The summed E-state index contributed by atoms with van der Waals surface area (Å²) in [5, 5.41) is 1.28. The molecule has 0 saturated carbocycles. The standard InChI is InChI=1S/C10H17N3OS/c1-6(2)7(3)15-10-8(14-4)9(11)12-5-13-10/h5-7H,1-4H3,(H2,11,12,13). The summed E-state index contributed by atoms with van der Waals surface area (Å²) < 4.78 is 5.19. The minimum absolute atomic E-state index is 0.394. The predicted molar refractivity (Wildman–Crippen MR) is 63.2 cm³/mol. The van der Waals surface area contributed by atoms with Crippen molar-refractivity contribution in [1.82, 2.24) is 9.97 Å². The van der Waals surface area contributed by atoms with Crippen LogP contribution in [0.1, 0.15) is 20.8 Å². The van der Waals surface area contributed by atoms with Crippen molar-refractivity contribution in [3.8, 4) is 5.75 Å². The van der Waals surface area contributed by atoms with Gasteiger partial charge >= 0.3 is 0 Å². The zero-order valence-electron chi connectivity index (χ0n) is 9.52. The maximum absolute atomic E-state index is 5.69. The summed E-state index contributed by atoms with van der Waals surface area (Å²) in [5.74, 6) is 1.55. The molecule has 0 spiro atoms. The molecule has 1 rings (SSSR count). The van der Waals surface area contributed by atoms with E-state index in [1.807, 2.05) is 0 Å². The third kappa shape index (κ3) is 2.99. The van der Waals surface area contributed by atoms with Crippen molar-refractivity contribution in [2.24, 2.45) is 5.92 Å². The van der Waals surface area contributed by atoms with Gasteiger partial charge in [-0.2, -0.15) is 0 Å². The largest absolute Gasteiger partial charge is 0.490 e. The van der Waals surface area contributed by atoms with E-state index < -0.39 is 0 Å². The van der Waals surface area contributed by atoms with Gasteiger partial charge in [0.2, 0.25) is 0 Å². The molecule has 15 heavy (non-hydrogen) atoms. The molecule has 0 aliphatic rings. The monoisotopic (exact) mass is 227 g/mol. The van der Waals surface area contributed by atoms with Crippen LogP contribution in [-0.4, -0.2) is 22.3 Å². The van der Waals surface area contributed by atoms with E-state index in [4.69, 9.17) is 10.5 Å². The number of methoxy groups -OCH3 is 1. The fourth-order valence-electron chi connectivity index (χ4n) is 0.958. The number of ether oxygens (including phenoxy) is 1. The van der Waals surface area contributed by atoms with Crippen molar-refractivity contribution in [3.63, 3.8) is 0 Å². The fraction of sp³-hybridized carbons (Fsp3) is 0.600. The predicted octanol–water partition coefficient (Wildman–Crippen LogP) is 2.20. The van der Waals surface area contributed by atoms with Gasteiger partial charge in [-0.15, -0.1) is 0 Å². The first-order valence-electron chi connectivity index (χ1n) is 4.87. The smallest absolute Gasteiger partial charge is 0.193 e. The van der Waals surface area contributed by atoms with Gasteiger partial charge in [0.1, 0.15) is 11.4 Å². The van der Waals surface area contributed by atoms with E-state index in [2.05, 4.69) is 30.7 Å². The first-order valence-corrected chi connectivity index (χ1v) is 5.75. The van der Waals surface area contributed by atoms with Crippen LogP contribution in [0.2, 0.25) is 0 Å². The summed E-state index contributed by atoms with van der Waals surface area (Å²) in [6, 6.07) is 0. The molecule has 2 N–H and O–H groups in total. The van der Waals surface area contributed by atoms with Gasteiger partial charge in [-0.25, -0.2) is 9.97 Å². The van der Waals surface area contributed by atoms with Gasteiger partial charge < -0.3 is 10.5 Å². The van der Waals surface area contributed by atoms with E-state index in [0.29, 0.717) is 22.7 Å². The first kappa shape index (κ1) is 12.1. The highest BCUT2D eigenvalue weighted by molar-refractivity contribution is 7.99. The second kappa shape index (κ2) is 5.21. The molecule has 4 nitrogen and oxygen atoms in total. The number of rotatable bonds is 4. The van der Waals surface area contributed by atoms with Crippen molar-refractivity contribution in [2.45, 2.75) is 31.0 Å². The van der Waals surface area contributed by atoms with Gasteiger partial charge in [0, 0.05) is 5.25 Å². The minimum atomic E-state index is 0.394. The van der Waals surface area contributed by atoms with Crippen LogP contribution < -0.4 is 10.5 Å². The van der Waals surface area contributed by atoms with Gasteiger partial charge in [0.25, 0.3) is 0 Å². The number of nitrogen functional groups attached to an aromatic ring is 1. The Hall–Kier alpha value is -0.970.